The fourth-order valence-corrected chi connectivity index (χ4v) is 1.99. The van der Waals surface area contributed by atoms with Gasteiger partial charge >= 0.3 is 6.03 Å². The van der Waals surface area contributed by atoms with Gasteiger partial charge in [0.25, 0.3) is 0 Å². The number of rotatable bonds is 3. The van der Waals surface area contributed by atoms with Crippen LogP contribution in [0.3, 0.4) is 0 Å². The Morgan fingerprint density at radius 3 is 2.30 bits per heavy atom. The molecule has 20 heavy (non-hydrogen) atoms. The maximum Gasteiger partial charge on any atom is 0.323 e. The summed E-state index contributed by atoms with van der Waals surface area (Å²) in [5, 5.41) is 5.66. The van der Waals surface area contributed by atoms with E-state index in [9.17, 15) is 4.79 Å². The van der Waals surface area contributed by atoms with Gasteiger partial charge in [0.15, 0.2) is 0 Å². The van der Waals surface area contributed by atoms with Gasteiger partial charge < -0.3 is 15.4 Å². The number of urea groups is 1. The molecule has 0 heterocycles. The zero-order valence-electron chi connectivity index (χ0n) is 11.9. The van der Waals surface area contributed by atoms with Crippen LogP contribution in [0.5, 0.6) is 5.75 Å². The molecule has 0 aromatic heterocycles. The molecule has 0 bridgehead atoms. The van der Waals surface area contributed by atoms with E-state index in [-0.39, 0.29) is 6.03 Å². The zero-order chi connectivity index (χ0) is 14.5. The molecule has 0 atom stereocenters. The van der Waals surface area contributed by atoms with Gasteiger partial charge in [-0.1, -0.05) is 24.3 Å². The average molecular weight is 270 g/mol. The molecule has 0 spiro atoms. The van der Waals surface area contributed by atoms with Crippen molar-refractivity contribution in [3.8, 4) is 5.75 Å². The fraction of sp³-hybridized carbons (Fsp3) is 0.188. The number of carbonyl (C=O) groups excluding carboxylic acids is 1. The normalized spacial score (nSPS) is 9.95. The van der Waals surface area contributed by atoms with Crippen molar-refractivity contribution in [1.29, 1.82) is 0 Å². The van der Waals surface area contributed by atoms with E-state index >= 15 is 0 Å². The van der Waals surface area contributed by atoms with Crippen molar-refractivity contribution < 1.29 is 9.53 Å². The first kappa shape index (κ1) is 13.9. The molecular formula is C16H18N2O2. The highest BCUT2D eigenvalue weighted by molar-refractivity contribution is 6.00. The second kappa shape index (κ2) is 6.10. The van der Waals surface area contributed by atoms with Crippen LogP contribution in [-0.2, 0) is 0 Å². The van der Waals surface area contributed by atoms with Crippen LogP contribution in [0.2, 0.25) is 0 Å². The van der Waals surface area contributed by atoms with E-state index in [1.165, 1.54) is 0 Å². The summed E-state index contributed by atoms with van der Waals surface area (Å²) in [6.45, 7) is 3.93. The monoisotopic (exact) mass is 270 g/mol. The molecule has 2 rings (SSSR count). The highest BCUT2D eigenvalue weighted by atomic mass is 16.5. The Morgan fingerprint density at radius 1 is 1.00 bits per heavy atom. The van der Waals surface area contributed by atoms with Gasteiger partial charge in [0.1, 0.15) is 5.75 Å². The molecule has 0 unspecified atom stereocenters. The van der Waals surface area contributed by atoms with Crippen LogP contribution in [0.4, 0.5) is 16.2 Å². The molecule has 0 fully saturated rings. The summed E-state index contributed by atoms with van der Waals surface area (Å²) < 4.78 is 5.12. The van der Waals surface area contributed by atoms with E-state index in [0.29, 0.717) is 11.4 Å². The molecule has 2 aromatic rings. The van der Waals surface area contributed by atoms with Crippen molar-refractivity contribution in [2.75, 3.05) is 17.7 Å². The number of hydrogen-bond donors (Lipinski definition) is 2. The quantitative estimate of drug-likeness (QED) is 0.887. The van der Waals surface area contributed by atoms with Crippen LogP contribution < -0.4 is 15.4 Å². The molecule has 4 heteroatoms. The van der Waals surface area contributed by atoms with E-state index < -0.39 is 0 Å². The number of carbonyl (C=O) groups is 1. The summed E-state index contributed by atoms with van der Waals surface area (Å²) in [5.74, 6) is 0.704. The third kappa shape index (κ3) is 3.29. The van der Waals surface area contributed by atoms with Gasteiger partial charge in [-0.25, -0.2) is 4.79 Å². The molecule has 0 aliphatic carbocycles. The predicted octanol–water partition coefficient (Wildman–Crippen LogP) is 3.96. The third-order valence-electron chi connectivity index (χ3n) is 3.05. The van der Waals surface area contributed by atoms with Crippen molar-refractivity contribution in [2.24, 2.45) is 0 Å². The Balaban J connectivity index is 2.09. The van der Waals surface area contributed by atoms with Gasteiger partial charge in [0.2, 0.25) is 0 Å². The van der Waals surface area contributed by atoms with Gasteiger partial charge in [-0.3, -0.25) is 0 Å². The Labute approximate surface area is 118 Å². The van der Waals surface area contributed by atoms with Crippen LogP contribution in [0.15, 0.2) is 42.5 Å². The summed E-state index contributed by atoms with van der Waals surface area (Å²) in [5.41, 5.74) is 3.59. The topological polar surface area (TPSA) is 50.4 Å². The molecule has 2 N–H and O–H groups in total. The first-order chi connectivity index (χ1) is 9.60. The summed E-state index contributed by atoms with van der Waals surface area (Å²) in [6, 6.07) is 12.9. The molecular weight excluding hydrogens is 252 g/mol. The number of benzene rings is 2. The fourth-order valence-electron chi connectivity index (χ4n) is 1.99. The van der Waals surface area contributed by atoms with Gasteiger partial charge in [0.05, 0.1) is 7.11 Å². The number of ether oxygens (including phenoxy) is 1. The van der Waals surface area contributed by atoms with Crippen LogP contribution in [-0.4, -0.2) is 13.1 Å². The highest BCUT2D eigenvalue weighted by Crippen LogP contribution is 2.20. The van der Waals surface area contributed by atoms with Crippen LogP contribution in [0, 0.1) is 13.8 Å². The number of methoxy groups -OCH3 is 1. The first-order valence-corrected chi connectivity index (χ1v) is 6.38. The smallest absolute Gasteiger partial charge is 0.323 e. The van der Waals surface area contributed by atoms with Crippen LogP contribution in [0.1, 0.15) is 11.1 Å². The number of anilines is 2. The lowest BCUT2D eigenvalue weighted by atomic mass is 10.1. The standard InChI is InChI=1S/C16H18N2O2/c1-11-6-4-7-12(2)15(11)18-16(19)17-13-8-5-9-14(10-13)20-3/h4-10H,1-3H3,(H2,17,18,19). The lowest BCUT2D eigenvalue weighted by Crippen LogP contribution is -2.20. The summed E-state index contributed by atoms with van der Waals surface area (Å²) in [6.07, 6.45) is 0. The minimum absolute atomic E-state index is 0.268. The Bertz CT molecular complexity index is 603. The zero-order valence-corrected chi connectivity index (χ0v) is 11.9. The number of nitrogens with one attached hydrogen (secondary N) is 2. The summed E-state index contributed by atoms with van der Waals surface area (Å²) >= 11 is 0. The lowest BCUT2D eigenvalue weighted by molar-refractivity contribution is 0.262. The Kier molecular flexibility index (Phi) is 4.25. The van der Waals surface area contributed by atoms with Crippen molar-refractivity contribution in [1.82, 2.24) is 0 Å². The van der Waals surface area contributed by atoms with Crippen molar-refractivity contribution in [2.45, 2.75) is 13.8 Å². The molecule has 0 aliphatic rings. The maximum atomic E-state index is 12.0. The molecule has 104 valence electrons. The molecule has 0 aliphatic heterocycles. The van der Waals surface area contributed by atoms with E-state index in [2.05, 4.69) is 10.6 Å². The molecule has 2 amide bonds. The van der Waals surface area contributed by atoms with E-state index in [1.54, 1.807) is 13.2 Å². The summed E-state index contributed by atoms with van der Waals surface area (Å²) in [4.78, 5) is 12.0. The molecule has 0 saturated heterocycles. The largest absolute Gasteiger partial charge is 0.497 e. The van der Waals surface area contributed by atoms with E-state index in [0.717, 1.165) is 16.8 Å². The SMILES string of the molecule is COc1cccc(NC(=O)Nc2c(C)cccc2C)c1. The Morgan fingerprint density at radius 2 is 1.65 bits per heavy atom. The second-order valence-electron chi connectivity index (χ2n) is 4.58. The first-order valence-electron chi connectivity index (χ1n) is 6.38. The molecule has 4 nitrogen and oxygen atoms in total. The van der Waals surface area contributed by atoms with E-state index in [4.69, 9.17) is 4.74 Å². The molecule has 0 saturated carbocycles. The number of para-hydroxylation sites is 1. The van der Waals surface area contributed by atoms with Crippen molar-refractivity contribution in [3.63, 3.8) is 0 Å². The second-order valence-corrected chi connectivity index (χ2v) is 4.58. The third-order valence-corrected chi connectivity index (χ3v) is 3.05. The lowest BCUT2D eigenvalue weighted by Gasteiger charge is -2.12. The highest BCUT2D eigenvalue weighted by Gasteiger charge is 2.07. The van der Waals surface area contributed by atoms with Gasteiger partial charge in [0, 0.05) is 17.4 Å². The molecule has 0 radical (unpaired) electrons. The number of hydrogen-bond acceptors (Lipinski definition) is 2. The van der Waals surface area contributed by atoms with Crippen LogP contribution >= 0.6 is 0 Å². The summed E-state index contributed by atoms with van der Waals surface area (Å²) in [7, 11) is 1.59. The van der Waals surface area contributed by atoms with Gasteiger partial charge in [-0.05, 0) is 37.1 Å². The average Bonchev–Trinajstić information content (AvgIpc) is 2.43. The molecule has 2 aromatic carbocycles. The van der Waals surface area contributed by atoms with Gasteiger partial charge in [-0.15, -0.1) is 0 Å². The Hall–Kier alpha value is -2.49. The van der Waals surface area contributed by atoms with Crippen molar-refractivity contribution >= 4 is 17.4 Å². The maximum absolute atomic E-state index is 12.0. The van der Waals surface area contributed by atoms with E-state index in [1.807, 2.05) is 50.2 Å². The van der Waals surface area contributed by atoms with Gasteiger partial charge in [-0.2, -0.15) is 0 Å². The number of amides is 2. The minimum atomic E-state index is -0.268. The number of aryl methyl sites for hydroxylation is 2. The minimum Gasteiger partial charge on any atom is -0.497 e. The van der Waals surface area contributed by atoms with Crippen molar-refractivity contribution in [3.05, 3.63) is 53.6 Å². The van der Waals surface area contributed by atoms with Crippen LogP contribution in [0.25, 0.3) is 0 Å². The predicted molar refractivity (Wildman–Crippen MR) is 81.6 cm³/mol.